The number of hydrogen-bond donors (Lipinski definition) is 1. The quantitative estimate of drug-likeness (QED) is 0.796. The van der Waals surface area contributed by atoms with Crippen molar-refractivity contribution < 1.29 is 14.4 Å². The fourth-order valence-corrected chi connectivity index (χ4v) is 3.49. The molecule has 0 aliphatic carbocycles. The van der Waals surface area contributed by atoms with Gasteiger partial charge in [0.1, 0.15) is 0 Å². The molecule has 0 atom stereocenters. The zero-order chi connectivity index (χ0) is 18.8. The minimum atomic E-state index is -1.11. The maximum Gasteiger partial charge on any atom is 0.494 e. The van der Waals surface area contributed by atoms with Gasteiger partial charge in [-0.25, -0.2) is 0 Å². The van der Waals surface area contributed by atoms with E-state index < -0.39 is 23.9 Å². The van der Waals surface area contributed by atoms with Crippen LogP contribution in [-0.4, -0.2) is 28.4 Å². The molecule has 134 valence electrons. The summed E-state index contributed by atoms with van der Waals surface area (Å²) in [4.78, 5) is 4.37. The van der Waals surface area contributed by atoms with E-state index in [4.69, 9.17) is 32.5 Å². The maximum absolute atomic E-state index is 10.3. The molecule has 1 aliphatic heterocycles. The first-order valence-electron chi connectivity index (χ1n) is 8.20. The Morgan fingerprint density at radius 3 is 2.16 bits per heavy atom. The van der Waals surface area contributed by atoms with Crippen LogP contribution in [0.5, 0.6) is 0 Å². The number of fused-ring (bicyclic) bond motifs is 1. The molecule has 0 bridgehead atoms. The average molecular weight is 382 g/mol. The van der Waals surface area contributed by atoms with E-state index in [9.17, 15) is 5.11 Å². The Morgan fingerprint density at radius 2 is 1.64 bits per heavy atom. The molecule has 2 heterocycles. The van der Waals surface area contributed by atoms with E-state index in [0.29, 0.717) is 26.5 Å². The van der Waals surface area contributed by atoms with E-state index in [1.54, 1.807) is 26.1 Å². The summed E-state index contributed by atoms with van der Waals surface area (Å²) in [5.74, 6) is 0. The number of aromatic nitrogens is 1. The monoisotopic (exact) mass is 381 g/mol. The zero-order valence-electron chi connectivity index (χ0n) is 15.3. The van der Waals surface area contributed by atoms with Crippen LogP contribution in [0.15, 0.2) is 18.3 Å². The lowest BCUT2D eigenvalue weighted by atomic mass is 9.78. The Morgan fingerprint density at radius 1 is 1.08 bits per heavy atom. The predicted molar refractivity (Wildman–Crippen MR) is 103 cm³/mol. The standard InChI is InChI=1S/C18H22BCl2NO3/c1-16(2,23)12-9-22-15-11(14(12)21)7-10(8-13(15)20)19-24-17(3,4)18(5,6)25-19/h7-9,23H,1-6H3. The third kappa shape index (κ3) is 3.17. The highest BCUT2D eigenvalue weighted by Crippen LogP contribution is 2.38. The molecule has 1 fully saturated rings. The van der Waals surface area contributed by atoms with Gasteiger partial charge in [0, 0.05) is 17.1 Å². The summed E-state index contributed by atoms with van der Waals surface area (Å²) in [6.45, 7) is 11.3. The Kier molecular flexibility index (Phi) is 4.41. The van der Waals surface area contributed by atoms with Crippen LogP contribution in [0.3, 0.4) is 0 Å². The van der Waals surface area contributed by atoms with Crippen molar-refractivity contribution in [2.24, 2.45) is 0 Å². The second kappa shape index (κ2) is 5.83. The number of aliphatic hydroxyl groups is 1. The van der Waals surface area contributed by atoms with Gasteiger partial charge >= 0.3 is 7.12 Å². The van der Waals surface area contributed by atoms with Crippen molar-refractivity contribution in [3.05, 3.63) is 33.9 Å². The number of halogens is 2. The van der Waals surface area contributed by atoms with Crippen LogP contribution < -0.4 is 5.46 Å². The molecule has 0 unspecified atom stereocenters. The van der Waals surface area contributed by atoms with E-state index in [2.05, 4.69) is 4.98 Å². The fourth-order valence-electron chi connectivity index (χ4n) is 2.79. The van der Waals surface area contributed by atoms with Gasteiger partial charge in [0.15, 0.2) is 0 Å². The summed E-state index contributed by atoms with van der Waals surface area (Å²) in [5.41, 5.74) is -0.103. The average Bonchev–Trinajstić information content (AvgIpc) is 2.67. The minimum absolute atomic E-state index is 0.428. The molecule has 25 heavy (non-hydrogen) atoms. The minimum Gasteiger partial charge on any atom is -0.399 e. The summed E-state index contributed by atoms with van der Waals surface area (Å²) >= 11 is 13.0. The molecule has 4 nitrogen and oxygen atoms in total. The molecule has 1 saturated heterocycles. The Balaban J connectivity index is 2.15. The molecule has 1 aliphatic rings. The van der Waals surface area contributed by atoms with Crippen LogP contribution >= 0.6 is 23.2 Å². The van der Waals surface area contributed by atoms with Crippen molar-refractivity contribution in [3.63, 3.8) is 0 Å². The molecule has 2 aromatic rings. The Bertz CT molecular complexity index is 830. The van der Waals surface area contributed by atoms with Crippen molar-refractivity contribution >= 4 is 46.7 Å². The van der Waals surface area contributed by atoms with Crippen molar-refractivity contribution in [1.29, 1.82) is 0 Å². The normalized spacial score (nSPS) is 19.6. The lowest BCUT2D eigenvalue weighted by Gasteiger charge is -2.32. The van der Waals surface area contributed by atoms with Crippen molar-refractivity contribution in [2.45, 2.75) is 58.3 Å². The van der Waals surface area contributed by atoms with E-state index in [-0.39, 0.29) is 0 Å². The summed E-state index contributed by atoms with van der Waals surface area (Å²) in [6, 6.07) is 3.66. The third-order valence-electron chi connectivity index (χ3n) is 5.07. The maximum atomic E-state index is 10.3. The second-order valence-corrected chi connectivity index (χ2v) is 8.82. The molecule has 0 amide bonds. The highest BCUT2D eigenvalue weighted by Gasteiger charge is 2.51. The summed E-state index contributed by atoms with van der Waals surface area (Å²) < 4.78 is 12.2. The van der Waals surface area contributed by atoms with Gasteiger partial charge in [0.25, 0.3) is 0 Å². The van der Waals surface area contributed by atoms with Gasteiger partial charge in [-0.3, -0.25) is 4.98 Å². The number of benzene rings is 1. The zero-order valence-corrected chi connectivity index (χ0v) is 16.8. The van der Waals surface area contributed by atoms with E-state index in [1.807, 2.05) is 33.8 Å². The largest absolute Gasteiger partial charge is 0.494 e. The molecule has 7 heteroatoms. The first-order chi connectivity index (χ1) is 11.3. The van der Waals surface area contributed by atoms with Crippen LogP contribution in [-0.2, 0) is 14.9 Å². The lowest BCUT2D eigenvalue weighted by molar-refractivity contribution is 0.00578. The molecule has 1 aromatic carbocycles. The fraction of sp³-hybridized carbons (Fsp3) is 0.500. The highest BCUT2D eigenvalue weighted by molar-refractivity contribution is 6.63. The van der Waals surface area contributed by atoms with Gasteiger partial charge in [0.2, 0.25) is 0 Å². The van der Waals surface area contributed by atoms with Gasteiger partial charge in [0.05, 0.1) is 32.4 Å². The van der Waals surface area contributed by atoms with Gasteiger partial charge in [-0.05, 0) is 53.1 Å². The van der Waals surface area contributed by atoms with Gasteiger partial charge in [-0.1, -0.05) is 29.3 Å². The SMILES string of the molecule is CC(C)(O)c1cnc2c(Cl)cc(B3OC(C)(C)C(C)(C)O3)cc2c1Cl. The van der Waals surface area contributed by atoms with E-state index in [0.717, 1.165) is 5.46 Å². The summed E-state index contributed by atoms with van der Waals surface area (Å²) in [6.07, 6.45) is 1.56. The van der Waals surface area contributed by atoms with E-state index >= 15 is 0 Å². The molecular formula is C18H22BCl2NO3. The Labute approximate surface area is 158 Å². The molecule has 1 aromatic heterocycles. The topological polar surface area (TPSA) is 51.6 Å². The van der Waals surface area contributed by atoms with Crippen LogP contribution in [0.4, 0.5) is 0 Å². The number of hydrogen-bond acceptors (Lipinski definition) is 4. The second-order valence-electron chi connectivity index (χ2n) is 8.03. The molecule has 1 N–H and O–H groups in total. The van der Waals surface area contributed by atoms with Crippen LogP contribution in [0, 0.1) is 0 Å². The lowest BCUT2D eigenvalue weighted by Crippen LogP contribution is -2.41. The summed E-state index contributed by atoms with van der Waals surface area (Å²) in [5, 5.41) is 11.9. The van der Waals surface area contributed by atoms with Crippen LogP contribution in [0.1, 0.15) is 47.1 Å². The molecular weight excluding hydrogens is 360 g/mol. The number of rotatable bonds is 2. The first-order valence-corrected chi connectivity index (χ1v) is 8.95. The van der Waals surface area contributed by atoms with Crippen molar-refractivity contribution in [1.82, 2.24) is 4.98 Å². The smallest absolute Gasteiger partial charge is 0.399 e. The van der Waals surface area contributed by atoms with Crippen molar-refractivity contribution in [3.8, 4) is 0 Å². The van der Waals surface area contributed by atoms with Gasteiger partial charge in [-0.2, -0.15) is 0 Å². The Hall–Kier alpha value is -0.845. The predicted octanol–water partition coefficient (Wildman–Crippen LogP) is 4.07. The van der Waals surface area contributed by atoms with Gasteiger partial charge in [-0.15, -0.1) is 0 Å². The first kappa shape index (κ1) is 18.9. The number of pyridine rings is 1. The van der Waals surface area contributed by atoms with Crippen LogP contribution in [0.2, 0.25) is 10.0 Å². The summed E-state index contributed by atoms with van der Waals surface area (Å²) in [7, 11) is -0.547. The molecule has 0 radical (unpaired) electrons. The molecule has 0 spiro atoms. The molecule has 3 rings (SSSR count). The highest BCUT2D eigenvalue weighted by atomic mass is 35.5. The van der Waals surface area contributed by atoms with Gasteiger partial charge < -0.3 is 14.4 Å². The van der Waals surface area contributed by atoms with Crippen molar-refractivity contribution in [2.75, 3.05) is 0 Å². The third-order valence-corrected chi connectivity index (χ3v) is 5.76. The van der Waals surface area contributed by atoms with E-state index in [1.165, 1.54) is 0 Å². The van der Waals surface area contributed by atoms with Crippen LogP contribution in [0.25, 0.3) is 10.9 Å². The number of nitrogens with zero attached hydrogens (tertiary/aromatic N) is 1. The molecule has 0 saturated carbocycles.